The summed E-state index contributed by atoms with van der Waals surface area (Å²) in [5.74, 6) is 0.892. The number of carbonyl (C=O) groups excluding carboxylic acids is 1. The molecule has 5 nitrogen and oxygen atoms in total. The maximum Gasteiger partial charge on any atom is 0.319 e. The second-order valence-electron chi connectivity index (χ2n) is 5.16. The predicted molar refractivity (Wildman–Crippen MR) is 83.9 cm³/mol. The second-order valence-corrected chi connectivity index (χ2v) is 5.16. The quantitative estimate of drug-likeness (QED) is 0.812. The molecule has 2 amide bonds. The van der Waals surface area contributed by atoms with Crippen LogP contribution in [-0.2, 0) is 19.6 Å². The predicted octanol–water partition coefficient (Wildman–Crippen LogP) is 2.44. The van der Waals surface area contributed by atoms with Crippen LogP contribution in [0.1, 0.15) is 16.7 Å². The molecule has 0 saturated heterocycles. The number of fused-ring (bicyclic) bond motifs is 1. The molecule has 3 N–H and O–H groups in total. The minimum absolute atomic E-state index is 0.0374. The maximum absolute atomic E-state index is 12.0. The molecule has 0 bridgehead atoms. The highest BCUT2D eigenvalue weighted by atomic mass is 16.5. The molecule has 2 aromatic rings. The van der Waals surface area contributed by atoms with Crippen LogP contribution in [0.4, 0.5) is 10.5 Å². The Morgan fingerprint density at radius 2 is 2.00 bits per heavy atom. The molecule has 22 heavy (non-hydrogen) atoms. The first-order valence-corrected chi connectivity index (χ1v) is 7.24. The van der Waals surface area contributed by atoms with Crippen LogP contribution in [0.5, 0.6) is 5.75 Å². The van der Waals surface area contributed by atoms with Gasteiger partial charge in [-0.05, 0) is 34.9 Å². The van der Waals surface area contributed by atoms with E-state index in [9.17, 15) is 9.90 Å². The summed E-state index contributed by atoms with van der Waals surface area (Å²) in [5, 5.41) is 14.9. The van der Waals surface area contributed by atoms with E-state index in [-0.39, 0.29) is 12.6 Å². The number of urea groups is 1. The van der Waals surface area contributed by atoms with E-state index in [1.807, 2.05) is 42.5 Å². The number of rotatable bonds is 4. The zero-order chi connectivity index (χ0) is 15.4. The second kappa shape index (κ2) is 6.49. The molecule has 0 atom stereocenters. The lowest BCUT2D eigenvalue weighted by Gasteiger charge is -2.11. The van der Waals surface area contributed by atoms with Gasteiger partial charge < -0.3 is 20.5 Å². The molecular formula is C17H18N2O3. The number of aliphatic hydroxyl groups is 1. The summed E-state index contributed by atoms with van der Waals surface area (Å²) in [6.45, 7) is 1.03. The third-order valence-corrected chi connectivity index (χ3v) is 3.68. The van der Waals surface area contributed by atoms with Gasteiger partial charge in [-0.2, -0.15) is 0 Å². The molecule has 0 spiro atoms. The lowest BCUT2D eigenvalue weighted by atomic mass is 10.1. The van der Waals surface area contributed by atoms with Gasteiger partial charge in [0.1, 0.15) is 5.75 Å². The van der Waals surface area contributed by atoms with Crippen molar-refractivity contribution in [2.45, 2.75) is 19.6 Å². The van der Waals surface area contributed by atoms with Gasteiger partial charge >= 0.3 is 6.03 Å². The number of ether oxygens (including phenoxy) is 1. The lowest BCUT2D eigenvalue weighted by molar-refractivity contribution is 0.251. The highest BCUT2D eigenvalue weighted by Crippen LogP contribution is 2.27. The van der Waals surface area contributed by atoms with E-state index in [0.29, 0.717) is 13.2 Å². The van der Waals surface area contributed by atoms with Crippen molar-refractivity contribution in [3.05, 3.63) is 59.2 Å². The summed E-state index contributed by atoms with van der Waals surface area (Å²) in [6.07, 6.45) is 0.871. The van der Waals surface area contributed by atoms with Crippen molar-refractivity contribution in [1.82, 2.24) is 5.32 Å². The SMILES string of the molecule is O=C(NCc1ccccc1CO)Nc1ccc2c(c1)CCO2. The Bertz CT molecular complexity index is 685. The molecule has 0 fully saturated rings. The fourth-order valence-corrected chi connectivity index (χ4v) is 2.50. The number of anilines is 1. The Morgan fingerprint density at radius 1 is 1.18 bits per heavy atom. The van der Waals surface area contributed by atoms with Gasteiger partial charge in [0.15, 0.2) is 0 Å². The van der Waals surface area contributed by atoms with Gasteiger partial charge in [0.2, 0.25) is 0 Å². The monoisotopic (exact) mass is 298 g/mol. The van der Waals surface area contributed by atoms with Crippen molar-refractivity contribution in [1.29, 1.82) is 0 Å². The van der Waals surface area contributed by atoms with Crippen LogP contribution in [0.3, 0.4) is 0 Å². The van der Waals surface area contributed by atoms with E-state index < -0.39 is 0 Å². The molecule has 1 heterocycles. The van der Waals surface area contributed by atoms with E-state index in [2.05, 4.69) is 10.6 Å². The summed E-state index contributed by atoms with van der Waals surface area (Å²) in [6, 6.07) is 12.8. The van der Waals surface area contributed by atoms with E-state index in [1.165, 1.54) is 0 Å². The molecule has 2 aromatic carbocycles. The van der Waals surface area contributed by atoms with Crippen LogP contribution < -0.4 is 15.4 Å². The molecular weight excluding hydrogens is 280 g/mol. The van der Waals surface area contributed by atoms with E-state index in [1.54, 1.807) is 0 Å². The third kappa shape index (κ3) is 3.20. The summed E-state index contributed by atoms with van der Waals surface area (Å²) < 4.78 is 5.44. The van der Waals surface area contributed by atoms with E-state index in [4.69, 9.17) is 4.74 Å². The first-order valence-electron chi connectivity index (χ1n) is 7.24. The van der Waals surface area contributed by atoms with Gasteiger partial charge in [-0.15, -0.1) is 0 Å². The van der Waals surface area contributed by atoms with Crippen molar-refractivity contribution >= 4 is 11.7 Å². The molecule has 0 unspecified atom stereocenters. The van der Waals surface area contributed by atoms with Crippen LogP contribution in [-0.4, -0.2) is 17.7 Å². The highest BCUT2D eigenvalue weighted by Gasteiger charge is 2.13. The number of nitrogens with one attached hydrogen (secondary N) is 2. The number of hydrogen-bond acceptors (Lipinski definition) is 3. The summed E-state index contributed by atoms with van der Waals surface area (Å²) in [7, 11) is 0. The number of aliphatic hydroxyl groups excluding tert-OH is 1. The number of amides is 2. The Labute approximate surface area is 128 Å². The summed E-state index contributed by atoms with van der Waals surface area (Å²) in [4.78, 5) is 12.0. The fourth-order valence-electron chi connectivity index (χ4n) is 2.50. The van der Waals surface area contributed by atoms with Crippen molar-refractivity contribution in [2.24, 2.45) is 0 Å². The number of hydrogen-bond donors (Lipinski definition) is 3. The van der Waals surface area contributed by atoms with Crippen molar-refractivity contribution in [2.75, 3.05) is 11.9 Å². The van der Waals surface area contributed by atoms with Crippen LogP contribution in [0.2, 0.25) is 0 Å². The van der Waals surface area contributed by atoms with Gasteiger partial charge in [0.25, 0.3) is 0 Å². The smallest absolute Gasteiger partial charge is 0.319 e. The number of carbonyl (C=O) groups is 1. The molecule has 0 aromatic heterocycles. The largest absolute Gasteiger partial charge is 0.493 e. The van der Waals surface area contributed by atoms with Crippen LogP contribution in [0.25, 0.3) is 0 Å². The van der Waals surface area contributed by atoms with Crippen molar-refractivity contribution in [3.63, 3.8) is 0 Å². The Balaban J connectivity index is 1.58. The minimum Gasteiger partial charge on any atom is -0.493 e. The molecule has 3 rings (SSSR count). The Morgan fingerprint density at radius 3 is 2.82 bits per heavy atom. The lowest BCUT2D eigenvalue weighted by Crippen LogP contribution is -2.28. The normalized spacial score (nSPS) is 12.4. The fraction of sp³-hybridized carbons (Fsp3) is 0.235. The highest BCUT2D eigenvalue weighted by molar-refractivity contribution is 5.89. The third-order valence-electron chi connectivity index (χ3n) is 3.68. The zero-order valence-corrected chi connectivity index (χ0v) is 12.1. The van der Waals surface area contributed by atoms with Crippen molar-refractivity contribution < 1.29 is 14.6 Å². The number of benzene rings is 2. The van der Waals surface area contributed by atoms with Crippen LogP contribution in [0.15, 0.2) is 42.5 Å². The first kappa shape index (κ1) is 14.4. The Kier molecular flexibility index (Phi) is 4.25. The van der Waals surface area contributed by atoms with Gasteiger partial charge in [0, 0.05) is 18.7 Å². The summed E-state index contributed by atoms with van der Waals surface area (Å²) >= 11 is 0. The average Bonchev–Trinajstić information content (AvgIpc) is 3.01. The van der Waals surface area contributed by atoms with E-state index in [0.717, 1.165) is 34.5 Å². The maximum atomic E-state index is 12.0. The summed E-state index contributed by atoms with van der Waals surface area (Å²) in [5.41, 5.74) is 3.58. The van der Waals surface area contributed by atoms with Crippen molar-refractivity contribution in [3.8, 4) is 5.75 Å². The first-order chi connectivity index (χ1) is 10.8. The van der Waals surface area contributed by atoms with Gasteiger partial charge in [-0.3, -0.25) is 0 Å². The topological polar surface area (TPSA) is 70.6 Å². The minimum atomic E-state index is -0.272. The Hall–Kier alpha value is -2.53. The molecule has 5 heteroatoms. The average molecular weight is 298 g/mol. The molecule has 1 aliphatic rings. The van der Waals surface area contributed by atoms with E-state index >= 15 is 0 Å². The van der Waals surface area contributed by atoms with Gasteiger partial charge in [-0.25, -0.2) is 4.79 Å². The standard InChI is InChI=1S/C17H18N2O3/c20-11-14-4-2-1-3-13(14)10-18-17(21)19-15-5-6-16-12(9-15)7-8-22-16/h1-6,9,20H,7-8,10-11H2,(H2,18,19,21). The van der Waals surface area contributed by atoms with Gasteiger partial charge in [0.05, 0.1) is 13.2 Å². The molecule has 114 valence electrons. The molecule has 0 aliphatic carbocycles. The van der Waals surface area contributed by atoms with Crippen LogP contribution >= 0.6 is 0 Å². The molecule has 0 saturated carbocycles. The zero-order valence-electron chi connectivity index (χ0n) is 12.1. The van der Waals surface area contributed by atoms with Crippen LogP contribution in [0, 0.1) is 0 Å². The molecule has 1 aliphatic heterocycles. The van der Waals surface area contributed by atoms with Gasteiger partial charge in [-0.1, -0.05) is 24.3 Å². The molecule has 0 radical (unpaired) electrons.